The van der Waals surface area contributed by atoms with Crippen LogP contribution in [0.4, 0.5) is 4.39 Å². The minimum absolute atomic E-state index is 0.0599. The fourth-order valence-corrected chi connectivity index (χ4v) is 4.18. The van der Waals surface area contributed by atoms with Gasteiger partial charge in [-0.15, -0.1) is 0 Å². The first kappa shape index (κ1) is 10.9. The largest absolute Gasteiger partial charge is 0.363 e. The number of ether oxygens (including phenoxy) is 1. The monoisotopic (exact) mass is 248 g/mol. The van der Waals surface area contributed by atoms with Gasteiger partial charge in [0.25, 0.3) is 0 Å². The molecule has 5 rings (SSSR count). The molecule has 0 radical (unpaired) electrons. The molecule has 2 bridgehead atoms. The molecule has 4 aliphatic rings. The summed E-state index contributed by atoms with van der Waals surface area (Å²) in [5, 5.41) is 0. The Bertz CT molecular complexity index is 463. The second-order valence-corrected chi connectivity index (χ2v) is 6.02. The number of hydrogen-bond acceptors (Lipinski definition) is 1. The first-order valence-corrected chi connectivity index (χ1v) is 7.01. The van der Waals surface area contributed by atoms with Crippen molar-refractivity contribution in [3.8, 4) is 0 Å². The van der Waals surface area contributed by atoms with Crippen molar-refractivity contribution in [2.75, 3.05) is 19.7 Å². The number of nitrogens with one attached hydrogen (secondary N) is 1. The van der Waals surface area contributed by atoms with Crippen LogP contribution in [0.2, 0.25) is 0 Å². The highest BCUT2D eigenvalue weighted by atomic mass is 19.1. The van der Waals surface area contributed by atoms with Crippen LogP contribution >= 0.6 is 0 Å². The molecule has 0 unspecified atom stereocenters. The van der Waals surface area contributed by atoms with Gasteiger partial charge in [0.1, 0.15) is 17.5 Å². The number of fused-ring (bicyclic) bond motifs is 2. The maximum absolute atomic E-state index is 13.8. The van der Waals surface area contributed by atoms with Gasteiger partial charge in [-0.1, -0.05) is 18.2 Å². The van der Waals surface area contributed by atoms with E-state index in [0.717, 1.165) is 24.5 Å². The molecule has 1 aromatic carbocycles. The molecule has 4 fully saturated rings. The smallest absolute Gasteiger partial charge is 0.146 e. The van der Waals surface area contributed by atoms with Crippen LogP contribution in [-0.4, -0.2) is 31.3 Å². The zero-order chi connectivity index (χ0) is 12.2. The Balaban J connectivity index is 1.63. The van der Waals surface area contributed by atoms with Crippen LogP contribution in [-0.2, 0) is 11.2 Å². The van der Waals surface area contributed by atoms with Gasteiger partial charge in [-0.05, 0) is 11.6 Å². The van der Waals surface area contributed by atoms with E-state index >= 15 is 0 Å². The molecular formula is C15H19FNO+. The summed E-state index contributed by atoms with van der Waals surface area (Å²) < 4.78 is 19.7. The van der Waals surface area contributed by atoms with Gasteiger partial charge in [0.05, 0.1) is 19.7 Å². The van der Waals surface area contributed by atoms with Crippen LogP contribution < -0.4 is 4.90 Å². The van der Waals surface area contributed by atoms with Gasteiger partial charge >= 0.3 is 0 Å². The predicted molar refractivity (Wildman–Crippen MR) is 66.0 cm³/mol. The zero-order valence-electron chi connectivity index (χ0n) is 10.5. The van der Waals surface area contributed by atoms with Gasteiger partial charge in [-0.2, -0.15) is 0 Å². The molecule has 0 aromatic heterocycles. The van der Waals surface area contributed by atoms with Crippen LogP contribution in [0.25, 0.3) is 0 Å². The van der Waals surface area contributed by atoms with Crippen molar-refractivity contribution in [1.82, 2.24) is 0 Å². The van der Waals surface area contributed by atoms with Crippen LogP contribution in [0.3, 0.4) is 0 Å². The lowest BCUT2D eigenvalue weighted by Crippen LogP contribution is -3.21. The highest BCUT2D eigenvalue weighted by Gasteiger charge is 2.65. The van der Waals surface area contributed by atoms with Crippen molar-refractivity contribution in [3.63, 3.8) is 0 Å². The molecule has 18 heavy (non-hydrogen) atoms. The molecule has 4 heterocycles. The summed E-state index contributed by atoms with van der Waals surface area (Å²) in [5.74, 6) is 0.669. The number of rotatable bonds is 2. The molecule has 0 aliphatic carbocycles. The molecule has 1 N–H and O–H groups in total. The van der Waals surface area contributed by atoms with E-state index < -0.39 is 0 Å². The third kappa shape index (κ3) is 1.47. The van der Waals surface area contributed by atoms with Crippen molar-refractivity contribution in [1.29, 1.82) is 0 Å². The van der Waals surface area contributed by atoms with E-state index in [4.69, 9.17) is 4.74 Å². The van der Waals surface area contributed by atoms with Crippen molar-refractivity contribution >= 4 is 0 Å². The lowest BCUT2D eigenvalue weighted by Gasteiger charge is -2.47. The van der Waals surface area contributed by atoms with Gasteiger partial charge < -0.3 is 9.64 Å². The van der Waals surface area contributed by atoms with Crippen LogP contribution in [0, 0.1) is 11.7 Å². The minimum Gasteiger partial charge on any atom is -0.363 e. The van der Waals surface area contributed by atoms with Crippen molar-refractivity contribution in [2.24, 2.45) is 5.92 Å². The second-order valence-electron chi connectivity index (χ2n) is 6.02. The summed E-state index contributed by atoms with van der Waals surface area (Å²) in [5.41, 5.74) is 0.964. The summed E-state index contributed by atoms with van der Waals surface area (Å²) in [6, 6.07) is 7.67. The average Bonchev–Trinajstić information content (AvgIpc) is 3.18. The van der Waals surface area contributed by atoms with Crippen molar-refractivity contribution < 1.29 is 14.0 Å². The molecule has 0 saturated carbocycles. The van der Waals surface area contributed by atoms with Crippen LogP contribution in [0.15, 0.2) is 24.3 Å². The Morgan fingerprint density at radius 3 is 2.67 bits per heavy atom. The maximum atomic E-state index is 13.8. The Hall–Kier alpha value is -0.930. The summed E-state index contributed by atoms with van der Waals surface area (Å²) in [6.45, 7) is 3.39. The van der Waals surface area contributed by atoms with Gasteiger partial charge in [-0.3, -0.25) is 0 Å². The number of piperidine rings is 3. The highest BCUT2D eigenvalue weighted by Crippen LogP contribution is 2.45. The maximum Gasteiger partial charge on any atom is 0.146 e. The molecule has 4 aliphatic heterocycles. The van der Waals surface area contributed by atoms with E-state index in [-0.39, 0.29) is 11.4 Å². The van der Waals surface area contributed by atoms with Gasteiger partial charge in [0.15, 0.2) is 0 Å². The fourth-order valence-electron chi connectivity index (χ4n) is 4.18. The summed E-state index contributed by atoms with van der Waals surface area (Å²) in [7, 11) is 0. The van der Waals surface area contributed by atoms with Crippen LogP contribution in [0.5, 0.6) is 0 Å². The van der Waals surface area contributed by atoms with Crippen molar-refractivity contribution in [2.45, 2.75) is 30.9 Å². The van der Waals surface area contributed by atoms with Crippen molar-refractivity contribution in [3.05, 3.63) is 35.6 Å². The Morgan fingerprint density at radius 2 is 2.00 bits per heavy atom. The number of halogens is 1. The summed E-state index contributed by atoms with van der Waals surface area (Å²) in [6.07, 6.45) is 3.42. The summed E-state index contributed by atoms with van der Waals surface area (Å²) in [4.78, 5) is 1.64. The first-order chi connectivity index (χ1) is 8.79. The van der Waals surface area contributed by atoms with E-state index in [0.29, 0.717) is 6.04 Å². The van der Waals surface area contributed by atoms with E-state index in [1.807, 2.05) is 12.1 Å². The third-order valence-corrected chi connectivity index (χ3v) is 5.26. The lowest BCUT2D eigenvalue weighted by atomic mass is 9.72. The van der Waals surface area contributed by atoms with E-state index in [1.54, 1.807) is 17.0 Å². The molecule has 1 spiro atoms. The molecular weight excluding hydrogens is 229 g/mol. The topological polar surface area (TPSA) is 17.0 Å². The number of benzene rings is 1. The Morgan fingerprint density at radius 1 is 1.28 bits per heavy atom. The lowest BCUT2D eigenvalue weighted by molar-refractivity contribution is -0.946. The minimum atomic E-state index is -0.0599. The first-order valence-electron chi connectivity index (χ1n) is 7.01. The third-order valence-electron chi connectivity index (χ3n) is 5.26. The van der Waals surface area contributed by atoms with E-state index in [1.165, 1.54) is 25.9 Å². The highest BCUT2D eigenvalue weighted by molar-refractivity contribution is 5.21. The molecule has 0 amide bonds. The number of epoxide rings is 1. The van der Waals surface area contributed by atoms with E-state index in [9.17, 15) is 4.39 Å². The molecule has 4 saturated heterocycles. The quantitative estimate of drug-likeness (QED) is 0.767. The standard InChI is InChI=1S/C15H18FNO/c16-13-4-2-1-3-11(13)9-14-15(10-18-15)12-5-7-17(14)8-6-12/h1-4,12,14H,5-10H2/p+1/t14-,15+/m1/s1. The molecule has 2 nitrogen and oxygen atoms in total. The molecule has 1 aromatic rings. The van der Waals surface area contributed by atoms with Crippen LogP contribution in [0.1, 0.15) is 18.4 Å². The zero-order valence-corrected chi connectivity index (χ0v) is 10.5. The number of hydrogen-bond donors (Lipinski definition) is 1. The van der Waals surface area contributed by atoms with E-state index in [2.05, 4.69) is 0 Å². The summed E-state index contributed by atoms with van der Waals surface area (Å²) >= 11 is 0. The average molecular weight is 248 g/mol. The van der Waals surface area contributed by atoms with Gasteiger partial charge in [-0.25, -0.2) is 4.39 Å². The SMILES string of the molecule is Fc1ccccc1C[C@H]1[NH+]2CCC(CC2)[C@@]12CO2. The molecule has 96 valence electrons. The Kier molecular flexibility index (Phi) is 2.30. The number of quaternary nitrogens is 1. The normalized spacial score (nSPS) is 41.3. The fraction of sp³-hybridized carbons (Fsp3) is 0.600. The molecule has 3 heteroatoms. The van der Waals surface area contributed by atoms with Gasteiger partial charge in [0.2, 0.25) is 0 Å². The van der Waals surface area contributed by atoms with Gasteiger partial charge in [0, 0.05) is 25.2 Å². The second kappa shape index (κ2) is 3.78. The predicted octanol–water partition coefficient (Wildman–Crippen LogP) is 0.814. The molecule has 2 atom stereocenters. The Labute approximate surface area is 107 Å².